The van der Waals surface area contributed by atoms with E-state index < -0.39 is 0 Å². The van der Waals surface area contributed by atoms with Gasteiger partial charge in [-0.05, 0) is 6.92 Å². The molecule has 0 saturated carbocycles. The molecule has 1 atom stereocenters. The van der Waals surface area contributed by atoms with Crippen molar-refractivity contribution in [2.24, 2.45) is 0 Å². The Morgan fingerprint density at radius 3 is 1.71 bits per heavy atom. The highest BCUT2D eigenvalue weighted by Crippen LogP contribution is 2.04. The average molecular weight is 104 g/mol. The molecule has 2 N–H and O–H groups in total. The van der Waals surface area contributed by atoms with Crippen LogP contribution in [0.5, 0.6) is 0 Å². The van der Waals surface area contributed by atoms with E-state index in [0.717, 1.165) is 6.61 Å². The minimum absolute atomic E-state index is 0. The Hall–Kier alpha value is -0.340. The fourth-order valence-electron chi connectivity index (χ4n) is 0.0962. The van der Waals surface area contributed by atoms with Crippen molar-refractivity contribution in [3.05, 3.63) is 13.2 Å². The molecule has 1 saturated heterocycles. The zero-order chi connectivity index (χ0) is 4.99. The third-order valence-electron chi connectivity index (χ3n) is 0.500. The Morgan fingerprint density at radius 2 is 1.71 bits per heavy atom. The van der Waals surface area contributed by atoms with E-state index in [1.54, 1.807) is 0 Å². The molecule has 0 bridgehead atoms. The Labute approximate surface area is 44.1 Å². The molecule has 0 amide bonds. The van der Waals surface area contributed by atoms with Gasteiger partial charge in [0.1, 0.15) is 0 Å². The van der Waals surface area contributed by atoms with Crippen LogP contribution in [0.2, 0.25) is 0 Å². The van der Waals surface area contributed by atoms with Gasteiger partial charge in [-0.15, -0.1) is 13.2 Å². The van der Waals surface area contributed by atoms with Crippen molar-refractivity contribution in [1.29, 1.82) is 0 Å². The highest BCUT2D eigenvalue weighted by Gasteiger charge is 2.13. The zero-order valence-corrected chi connectivity index (χ0v) is 4.61. The summed E-state index contributed by atoms with van der Waals surface area (Å²) >= 11 is 0. The van der Waals surface area contributed by atoms with Crippen LogP contribution < -0.4 is 0 Å². The maximum absolute atomic E-state index is 4.71. The van der Waals surface area contributed by atoms with E-state index in [1.807, 2.05) is 0 Å². The molecule has 0 spiro atoms. The standard InChI is InChI=1S/C3H6O.C2H4.H2O/c1-3-2-4-3;1-2;/h3H,2H2,1H3;1-2H2;1H2. The van der Waals surface area contributed by atoms with E-state index in [9.17, 15) is 0 Å². The fraction of sp³-hybridized carbons (Fsp3) is 0.600. The van der Waals surface area contributed by atoms with Gasteiger partial charge in [0.2, 0.25) is 0 Å². The first-order valence-electron chi connectivity index (χ1n) is 2.01. The van der Waals surface area contributed by atoms with Crippen LogP contribution in [0.1, 0.15) is 6.92 Å². The number of hydrogen-bond donors (Lipinski definition) is 0. The third-order valence-corrected chi connectivity index (χ3v) is 0.500. The minimum atomic E-state index is 0. The highest BCUT2D eigenvalue weighted by molar-refractivity contribution is 4.58. The molecule has 0 aliphatic carbocycles. The Bertz CT molecular complexity index is 33.1. The first kappa shape index (κ1) is 9.83. The lowest BCUT2D eigenvalue weighted by Gasteiger charge is -1.50. The minimum Gasteiger partial charge on any atom is -0.412 e. The summed E-state index contributed by atoms with van der Waals surface area (Å²) in [5.74, 6) is 0. The van der Waals surface area contributed by atoms with Crippen LogP contribution in [0, 0.1) is 0 Å². The fourth-order valence-corrected chi connectivity index (χ4v) is 0.0962. The molecule has 2 nitrogen and oxygen atoms in total. The molecule has 1 aliphatic rings. The highest BCUT2D eigenvalue weighted by atomic mass is 16.6. The van der Waals surface area contributed by atoms with Crippen LogP contribution in [0.25, 0.3) is 0 Å². The summed E-state index contributed by atoms with van der Waals surface area (Å²) in [4.78, 5) is 0. The van der Waals surface area contributed by atoms with E-state index >= 15 is 0 Å². The molecule has 0 aromatic rings. The van der Waals surface area contributed by atoms with Gasteiger partial charge < -0.3 is 10.2 Å². The summed E-state index contributed by atoms with van der Waals surface area (Å²) < 4.78 is 4.71. The predicted octanol–water partition coefficient (Wildman–Crippen LogP) is 0.383. The molecule has 0 radical (unpaired) electrons. The van der Waals surface area contributed by atoms with Crippen LogP contribution in [0.15, 0.2) is 13.2 Å². The maximum Gasteiger partial charge on any atom is 0.0781 e. The van der Waals surface area contributed by atoms with Crippen molar-refractivity contribution in [2.75, 3.05) is 6.61 Å². The Kier molecular flexibility index (Phi) is 7.94. The normalized spacial score (nSPS) is 23.3. The largest absolute Gasteiger partial charge is 0.412 e. The van der Waals surface area contributed by atoms with Gasteiger partial charge in [-0.3, -0.25) is 0 Å². The topological polar surface area (TPSA) is 44.0 Å². The molecule has 44 valence electrons. The average Bonchev–Trinajstić information content (AvgIpc) is 2.30. The molecule has 1 fully saturated rings. The van der Waals surface area contributed by atoms with Crippen molar-refractivity contribution in [3.63, 3.8) is 0 Å². The van der Waals surface area contributed by atoms with Crippen LogP contribution in [-0.2, 0) is 4.74 Å². The monoisotopic (exact) mass is 104 g/mol. The second-order valence-electron chi connectivity index (χ2n) is 1.14. The van der Waals surface area contributed by atoms with Crippen LogP contribution in [0.4, 0.5) is 0 Å². The van der Waals surface area contributed by atoms with E-state index in [-0.39, 0.29) is 5.48 Å². The van der Waals surface area contributed by atoms with Gasteiger partial charge in [-0.1, -0.05) is 0 Å². The number of hydrogen-bond acceptors (Lipinski definition) is 1. The molecule has 1 heterocycles. The second kappa shape index (κ2) is 5.66. The van der Waals surface area contributed by atoms with Crippen molar-refractivity contribution in [2.45, 2.75) is 13.0 Å². The van der Waals surface area contributed by atoms with E-state index in [4.69, 9.17) is 4.74 Å². The molecule has 0 aromatic carbocycles. The van der Waals surface area contributed by atoms with Crippen LogP contribution in [0.3, 0.4) is 0 Å². The van der Waals surface area contributed by atoms with Gasteiger partial charge in [0.15, 0.2) is 0 Å². The van der Waals surface area contributed by atoms with Crippen molar-refractivity contribution < 1.29 is 10.2 Å². The van der Waals surface area contributed by atoms with Gasteiger partial charge in [-0.2, -0.15) is 0 Å². The van der Waals surface area contributed by atoms with Crippen molar-refractivity contribution in [1.82, 2.24) is 0 Å². The molecule has 2 heteroatoms. The number of rotatable bonds is 0. The maximum atomic E-state index is 4.71. The number of ether oxygens (including phenoxy) is 1. The van der Waals surface area contributed by atoms with E-state index in [2.05, 4.69) is 20.1 Å². The summed E-state index contributed by atoms with van der Waals surface area (Å²) in [6.45, 7) is 9.04. The Morgan fingerprint density at radius 1 is 1.57 bits per heavy atom. The van der Waals surface area contributed by atoms with Gasteiger partial charge in [0.25, 0.3) is 0 Å². The molecular formula is C5H12O2. The van der Waals surface area contributed by atoms with E-state index in [0.29, 0.717) is 6.10 Å². The Balaban J connectivity index is 0. The molecule has 0 aromatic heterocycles. The lowest BCUT2D eigenvalue weighted by Crippen LogP contribution is -1.60. The smallest absolute Gasteiger partial charge is 0.0781 e. The molecule has 1 rings (SSSR count). The summed E-state index contributed by atoms with van der Waals surface area (Å²) in [5, 5.41) is 0. The van der Waals surface area contributed by atoms with Gasteiger partial charge in [0.05, 0.1) is 12.7 Å². The first-order valence-corrected chi connectivity index (χ1v) is 2.01. The van der Waals surface area contributed by atoms with Crippen molar-refractivity contribution >= 4 is 0 Å². The second-order valence-corrected chi connectivity index (χ2v) is 1.14. The molecule has 1 aliphatic heterocycles. The van der Waals surface area contributed by atoms with E-state index in [1.165, 1.54) is 0 Å². The summed E-state index contributed by atoms with van der Waals surface area (Å²) in [7, 11) is 0. The van der Waals surface area contributed by atoms with Crippen molar-refractivity contribution in [3.8, 4) is 0 Å². The summed E-state index contributed by atoms with van der Waals surface area (Å²) in [6, 6.07) is 0. The predicted molar refractivity (Wildman–Crippen MR) is 30.3 cm³/mol. The van der Waals surface area contributed by atoms with Crippen LogP contribution >= 0.6 is 0 Å². The quantitative estimate of drug-likeness (QED) is 0.323. The summed E-state index contributed by atoms with van der Waals surface area (Å²) in [5.41, 5.74) is 0. The third kappa shape index (κ3) is 10.7. The molecule has 1 unspecified atom stereocenters. The zero-order valence-electron chi connectivity index (χ0n) is 4.61. The van der Waals surface area contributed by atoms with Crippen LogP contribution in [-0.4, -0.2) is 18.2 Å². The lowest BCUT2D eigenvalue weighted by atomic mass is 10.6. The van der Waals surface area contributed by atoms with Gasteiger partial charge in [0, 0.05) is 0 Å². The SMILES string of the molecule is C=C.CC1CO1.O. The summed E-state index contributed by atoms with van der Waals surface area (Å²) in [6.07, 6.45) is 0.583. The van der Waals surface area contributed by atoms with Gasteiger partial charge in [-0.25, -0.2) is 0 Å². The number of epoxide rings is 1. The lowest BCUT2D eigenvalue weighted by molar-refractivity contribution is 0.423. The molecular weight excluding hydrogens is 92.1 g/mol. The molecule has 7 heavy (non-hydrogen) atoms. The van der Waals surface area contributed by atoms with Gasteiger partial charge >= 0.3 is 0 Å². The first-order chi connectivity index (χ1) is 2.89.